The van der Waals surface area contributed by atoms with Gasteiger partial charge in [0.1, 0.15) is 0 Å². The van der Waals surface area contributed by atoms with Crippen molar-refractivity contribution >= 4 is 39.4 Å². The van der Waals surface area contributed by atoms with Crippen LogP contribution in [0.2, 0.25) is 0 Å². The minimum Gasteiger partial charge on any atom is -0.449 e. The summed E-state index contributed by atoms with van der Waals surface area (Å²) in [6, 6.07) is 10.6. The highest BCUT2D eigenvalue weighted by Gasteiger charge is 2.27. The van der Waals surface area contributed by atoms with Crippen LogP contribution in [0.3, 0.4) is 0 Å². The van der Waals surface area contributed by atoms with Crippen molar-refractivity contribution in [2.75, 3.05) is 11.5 Å². The number of carbonyl (C=O) groups excluding carboxylic acids is 2. The number of ether oxygens (including phenoxy) is 1. The number of amides is 2. The second-order valence-electron chi connectivity index (χ2n) is 4.64. The maximum atomic E-state index is 12.5. The van der Waals surface area contributed by atoms with Crippen LogP contribution in [0.15, 0.2) is 58.1 Å². The van der Waals surface area contributed by atoms with Crippen LogP contribution in [0.5, 0.6) is 0 Å². The van der Waals surface area contributed by atoms with E-state index < -0.39 is 12.0 Å². The molecule has 0 saturated carbocycles. The zero-order chi connectivity index (χ0) is 16.8. The number of rotatable bonds is 5. The van der Waals surface area contributed by atoms with Crippen LogP contribution >= 0.6 is 15.9 Å². The summed E-state index contributed by atoms with van der Waals surface area (Å²) in [6.45, 7) is 5.77. The molecule has 0 bridgehead atoms. The van der Waals surface area contributed by atoms with Gasteiger partial charge < -0.3 is 9.15 Å². The first-order valence-corrected chi connectivity index (χ1v) is 7.79. The predicted octanol–water partition coefficient (Wildman–Crippen LogP) is 4.64. The van der Waals surface area contributed by atoms with Crippen LogP contribution in [-0.4, -0.2) is 18.6 Å². The van der Waals surface area contributed by atoms with Crippen LogP contribution < -0.4 is 4.90 Å². The van der Waals surface area contributed by atoms with Gasteiger partial charge in [-0.15, -0.1) is 0 Å². The third-order valence-corrected chi connectivity index (χ3v) is 3.74. The van der Waals surface area contributed by atoms with E-state index in [-0.39, 0.29) is 18.9 Å². The fraction of sp³-hybridized carbons (Fsp3) is 0.176. The quantitative estimate of drug-likeness (QED) is 0.761. The first kappa shape index (κ1) is 17.0. The Morgan fingerprint density at radius 3 is 2.61 bits per heavy atom. The van der Waals surface area contributed by atoms with Crippen LogP contribution in [0, 0.1) is 0 Å². The van der Waals surface area contributed by atoms with Gasteiger partial charge in [0.2, 0.25) is 11.8 Å². The summed E-state index contributed by atoms with van der Waals surface area (Å²) < 4.78 is 10.9. The first-order valence-electron chi connectivity index (χ1n) is 7.00. The van der Waals surface area contributed by atoms with Crippen molar-refractivity contribution in [2.45, 2.75) is 13.3 Å². The largest absolute Gasteiger partial charge is 0.449 e. The molecule has 0 aliphatic carbocycles. The van der Waals surface area contributed by atoms with Crippen molar-refractivity contribution in [3.63, 3.8) is 0 Å². The summed E-state index contributed by atoms with van der Waals surface area (Å²) in [7, 11) is 0. The summed E-state index contributed by atoms with van der Waals surface area (Å²) in [5.74, 6) is -0.354. The zero-order valence-corrected chi connectivity index (χ0v) is 14.2. The lowest BCUT2D eigenvalue weighted by Crippen LogP contribution is -2.37. The van der Waals surface area contributed by atoms with E-state index in [9.17, 15) is 9.59 Å². The Labute approximate surface area is 142 Å². The van der Waals surface area contributed by atoms with Gasteiger partial charge in [-0.2, -0.15) is 4.90 Å². The van der Waals surface area contributed by atoms with Gasteiger partial charge >= 0.3 is 6.09 Å². The first-order chi connectivity index (χ1) is 11.0. The van der Waals surface area contributed by atoms with E-state index in [1.807, 2.05) is 24.3 Å². The Bertz CT molecular complexity index is 709. The lowest BCUT2D eigenvalue weighted by Gasteiger charge is -2.18. The summed E-state index contributed by atoms with van der Waals surface area (Å²) in [4.78, 5) is 25.5. The zero-order valence-electron chi connectivity index (χ0n) is 12.6. The number of imide groups is 1. The Kier molecular flexibility index (Phi) is 5.76. The maximum absolute atomic E-state index is 12.5. The lowest BCUT2D eigenvalue weighted by molar-refractivity contribution is -0.117. The molecule has 0 unspecified atom stereocenters. The van der Waals surface area contributed by atoms with Crippen molar-refractivity contribution < 1.29 is 18.7 Å². The van der Waals surface area contributed by atoms with Gasteiger partial charge in [-0.25, -0.2) is 4.79 Å². The predicted molar refractivity (Wildman–Crippen MR) is 91.0 cm³/mol. The van der Waals surface area contributed by atoms with Crippen LogP contribution in [0.4, 0.5) is 10.7 Å². The molecule has 5 nitrogen and oxygen atoms in total. The number of furan rings is 1. The third-order valence-electron chi connectivity index (χ3n) is 3.05. The molecular formula is C17H16BrNO4. The van der Waals surface area contributed by atoms with Crippen molar-refractivity contribution in [1.82, 2.24) is 0 Å². The Balaban J connectivity index is 2.20. The van der Waals surface area contributed by atoms with Gasteiger partial charge in [0.15, 0.2) is 0 Å². The molecule has 2 amide bonds. The van der Waals surface area contributed by atoms with E-state index in [1.54, 1.807) is 13.0 Å². The summed E-state index contributed by atoms with van der Waals surface area (Å²) in [5.41, 5.74) is 1.40. The monoisotopic (exact) mass is 377 g/mol. The number of halogens is 1. The van der Waals surface area contributed by atoms with E-state index in [4.69, 9.17) is 9.15 Å². The number of hydrogen-bond acceptors (Lipinski definition) is 4. The molecule has 0 radical (unpaired) electrons. The normalized spacial score (nSPS) is 10.2. The molecule has 2 aromatic rings. The van der Waals surface area contributed by atoms with Gasteiger partial charge in [-0.1, -0.05) is 40.7 Å². The molecule has 0 aliphatic heterocycles. The van der Waals surface area contributed by atoms with Gasteiger partial charge in [0.25, 0.3) is 0 Å². The van der Waals surface area contributed by atoms with Crippen molar-refractivity contribution in [3.05, 3.63) is 59.3 Å². The molecular weight excluding hydrogens is 362 g/mol. The highest BCUT2D eigenvalue weighted by Crippen LogP contribution is 2.27. The minimum absolute atomic E-state index is 0.0396. The standard InChI is InChI=1S/C17H16BrNO4/c1-3-22-17(21)19(16-9-6-10-23-16)15(20)11-12(2)13-7-4-5-8-14(13)18/h4-10H,2-3,11H2,1H3. The van der Waals surface area contributed by atoms with E-state index in [2.05, 4.69) is 22.5 Å². The summed E-state index contributed by atoms with van der Waals surface area (Å²) in [6.07, 6.45) is 0.576. The van der Waals surface area contributed by atoms with Crippen LogP contribution in [0.25, 0.3) is 5.57 Å². The number of benzene rings is 1. The highest BCUT2D eigenvalue weighted by molar-refractivity contribution is 9.10. The molecule has 2 rings (SSSR count). The van der Waals surface area contributed by atoms with E-state index in [0.29, 0.717) is 5.57 Å². The molecule has 23 heavy (non-hydrogen) atoms. The number of carbonyl (C=O) groups is 2. The van der Waals surface area contributed by atoms with E-state index >= 15 is 0 Å². The molecule has 0 spiro atoms. The van der Waals surface area contributed by atoms with Crippen molar-refractivity contribution in [3.8, 4) is 0 Å². The third kappa shape index (κ3) is 4.10. The van der Waals surface area contributed by atoms with Gasteiger partial charge in [-0.3, -0.25) is 4.79 Å². The van der Waals surface area contributed by atoms with Crippen molar-refractivity contribution in [2.24, 2.45) is 0 Å². The molecule has 0 aliphatic rings. The number of anilines is 1. The molecule has 1 heterocycles. The SMILES string of the molecule is C=C(CC(=O)N(C(=O)OCC)c1ccco1)c1ccccc1Br. The average Bonchev–Trinajstić information content (AvgIpc) is 3.02. The lowest BCUT2D eigenvalue weighted by atomic mass is 10.0. The Hall–Kier alpha value is -2.34. The molecule has 6 heteroatoms. The highest BCUT2D eigenvalue weighted by atomic mass is 79.9. The molecule has 0 fully saturated rings. The molecule has 1 aromatic carbocycles. The van der Waals surface area contributed by atoms with Crippen LogP contribution in [-0.2, 0) is 9.53 Å². The molecule has 0 atom stereocenters. The second kappa shape index (κ2) is 7.78. The number of hydrogen-bond donors (Lipinski definition) is 0. The fourth-order valence-corrected chi connectivity index (χ4v) is 2.57. The molecule has 0 saturated heterocycles. The topological polar surface area (TPSA) is 59.8 Å². The Morgan fingerprint density at radius 2 is 2.00 bits per heavy atom. The molecule has 1 aromatic heterocycles. The average molecular weight is 378 g/mol. The second-order valence-corrected chi connectivity index (χ2v) is 5.49. The number of nitrogens with zero attached hydrogens (tertiary/aromatic N) is 1. The maximum Gasteiger partial charge on any atom is 0.423 e. The van der Waals surface area contributed by atoms with E-state index in [1.165, 1.54) is 12.3 Å². The Morgan fingerprint density at radius 1 is 1.26 bits per heavy atom. The fourth-order valence-electron chi connectivity index (χ4n) is 2.00. The van der Waals surface area contributed by atoms with Crippen molar-refractivity contribution in [1.29, 1.82) is 0 Å². The smallest absolute Gasteiger partial charge is 0.423 e. The summed E-state index contributed by atoms with van der Waals surface area (Å²) >= 11 is 3.42. The van der Waals surface area contributed by atoms with Crippen LogP contribution in [0.1, 0.15) is 18.9 Å². The van der Waals surface area contributed by atoms with Gasteiger partial charge in [0, 0.05) is 10.5 Å². The van der Waals surface area contributed by atoms with E-state index in [0.717, 1.165) is 14.9 Å². The summed E-state index contributed by atoms with van der Waals surface area (Å²) in [5, 5.41) is 0. The van der Waals surface area contributed by atoms with Gasteiger partial charge in [-0.05, 0) is 30.2 Å². The minimum atomic E-state index is -0.771. The van der Waals surface area contributed by atoms with Gasteiger partial charge in [0.05, 0.1) is 19.3 Å². The molecule has 0 N–H and O–H groups in total. The molecule has 120 valence electrons.